The minimum Gasteiger partial charge on any atom is -0.370 e. The maximum atomic E-state index is 5.28. The highest BCUT2D eigenvalue weighted by Gasteiger charge is 1.95. The van der Waals surface area contributed by atoms with Crippen LogP contribution < -0.4 is 11.5 Å². The molecule has 0 saturated heterocycles. The quantitative estimate of drug-likeness (QED) is 0.567. The topological polar surface area (TPSA) is 95.1 Å². The lowest BCUT2D eigenvalue weighted by Gasteiger charge is -2.02. The summed E-state index contributed by atoms with van der Waals surface area (Å²) >= 11 is 0. The van der Waals surface area contributed by atoms with Crippen molar-refractivity contribution in [1.29, 1.82) is 0 Å². The van der Waals surface area contributed by atoms with Crippen LogP contribution in [0.15, 0.2) is 41.9 Å². The fourth-order valence-electron chi connectivity index (χ4n) is 1.34. The highest BCUT2D eigenvalue weighted by atomic mass is 15.2. The largest absolute Gasteiger partial charge is 0.370 e. The Morgan fingerprint density at radius 3 is 2.31 bits per heavy atom. The number of nitrogens with two attached hydrogens (primary N) is 2. The first kappa shape index (κ1) is 10.2. The van der Waals surface area contributed by atoms with Gasteiger partial charge in [0, 0.05) is 6.54 Å². The molecule has 0 radical (unpaired) electrons. The van der Waals surface area contributed by atoms with Crippen molar-refractivity contribution in [2.45, 2.75) is 6.54 Å². The molecule has 0 unspecified atom stereocenters. The summed E-state index contributed by atoms with van der Waals surface area (Å²) in [6.07, 6.45) is 3.34. The Hall–Kier alpha value is -2.37. The van der Waals surface area contributed by atoms with Crippen LogP contribution in [0, 0.1) is 0 Å². The van der Waals surface area contributed by atoms with Crippen molar-refractivity contribution < 1.29 is 0 Å². The predicted molar refractivity (Wildman–Crippen MR) is 61.0 cm³/mol. The zero-order valence-electron chi connectivity index (χ0n) is 8.61. The predicted octanol–water partition coefficient (Wildman–Crippen LogP) is 0.231. The Morgan fingerprint density at radius 1 is 1.12 bits per heavy atom. The van der Waals surface area contributed by atoms with E-state index in [1.807, 2.05) is 28.8 Å². The van der Waals surface area contributed by atoms with E-state index in [-0.39, 0.29) is 5.96 Å². The molecule has 0 saturated carbocycles. The van der Waals surface area contributed by atoms with Crippen molar-refractivity contribution in [2.24, 2.45) is 16.5 Å². The first-order chi connectivity index (χ1) is 7.74. The molecule has 0 aliphatic rings. The van der Waals surface area contributed by atoms with Crippen molar-refractivity contribution in [1.82, 2.24) is 14.8 Å². The molecular weight excluding hydrogens is 204 g/mol. The van der Waals surface area contributed by atoms with E-state index in [1.165, 1.54) is 0 Å². The van der Waals surface area contributed by atoms with Gasteiger partial charge in [-0.3, -0.25) is 0 Å². The van der Waals surface area contributed by atoms with Crippen LogP contribution in [0.5, 0.6) is 0 Å². The summed E-state index contributed by atoms with van der Waals surface area (Å²) in [6.45, 7) is 0.731. The van der Waals surface area contributed by atoms with Gasteiger partial charge in [-0.15, -0.1) is 10.2 Å². The maximum Gasteiger partial charge on any atom is 0.191 e. The summed E-state index contributed by atoms with van der Waals surface area (Å²) in [5.41, 5.74) is 12.4. The van der Waals surface area contributed by atoms with Crippen LogP contribution in [-0.4, -0.2) is 20.7 Å². The average Bonchev–Trinajstić information content (AvgIpc) is 2.73. The zero-order valence-corrected chi connectivity index (χ0v) is 8.61. The van der Waals surface area contributed by atoms with Gasteiger partial charge in [0.15, 0.2) is 5.96 Å². The normalized spacial score (nSPS) is 10.0. The second kappa shape index (κ2) is 4.43. The van der Waals surface area contributed by atoms with Gasteiger partial charge in [-0.05, 0) is 17.7 Å². The standard InChI is InChI=1S/C10H12N6/c11-10(12)15-9-3-1-8(2-4-9)5-16-6-13-14-7-16/h1-4,6-7H,5H2,(H4,11,12,15). The van der Waals surface area contributed by atoms with E-state index in [0.29, 0.717) is 0 Å². The maximum absolute atomic E-state index is 5.28. The minimum atomic E-state index is 0.0616. The summed E-state index contributed by atoms with van der Waals surface area (Å²) in [6, 6.07) is 7.64. The summed E-state index contributed by atoms with van der Waals surface area (Å²) in [5.74, 6) is 0.0616. The molecule has 1 aromatic carbocycles. The van der Waals surface area contributed by atoms with E-state index >= 15 is 0 Å². The monoisotopic (exact) mass is 216 g/mol. The Morgan fingerprint density at radius 2 is 1.75 bits per heavy atom. The van der Waals surface area contributed by atoms with E-state index in [2.05, 4.69) is 15.2 Å². The number of hydrogen-bond acceptors (Lipinski definition) is 3. The molecular formula is C10H12N6. The molecule has 0 aliphatic carbocycles. The lowest BCUT2D eigenvalue weighted by Crippen LogP contribution is -2.21. The first-order valence-electron chi connectivity index (χ1n) is 4.75. The number of guanidine groups is 1. The van der Waals surface area contributed by atoms with Crippen molar-refractivity contribution in [3.05, 3.63) is 42.5 Å². The van der Waals surface area contributed by atoms with Gasteiger partial charge < -0.3 is 16.0 Å². The number of aliphatic imine (C=N–C) groups is 1. The third kappa shape index (κ3) is 2.57. The lowest BCUT2D eigenvalue weighted by atomic mass is 10.2. The second-order valence-electron chi connectivity index (χ2n) is 3.34. The average molecular weight is 216 g/mol. The van der Waals surface area contributed by atoms with E-state index < -0.39 is 0 Å². The van der Waals surface area contributed by atoms with Crippen LogP contribution in [0.2, 0.25) is 0 Å². The van der Waals surface area contributed by atoms with E-state index in [0.717, 1.165) is 17.8 Å². The summed E-state index contributed by atoms with van der Waals surface area (Å²) in [5, 5.41) is 7.47. The molecule has 1 heterocycles. The van der Waals surface area contributed by atoms with Crippen molar-refractivity contribution >= 4 is 11.6 Å². The molecule has 0 bridgehead atoms. The second-order valence-corrected chi connectivity index (χ2v) is 3.34. The van der Waals surface area contributed by atoms with Gasteiger partial charge >= 0.3 is 0 Å². The number of nitrogens with zero attached hydrogens (tertiary/aromatic N) is 4. The van der Waals surface area contributed by atoms with Gasteiger partial charge in [-0.1, -0.05) is 12.1 Å². The summed E-state index contributed by atoms with van der Waals surface area (Å²) in [4.78, 5) is 3.94. The van der Waals surface area contributed by atoms with Gasteiger partial charge in [-0.25, -0.2) is 4.99 Å². The van der Waals surface area contributed by atoms with Gasteiger partial charge in [-0.2, -0.15) is 0 Å². The highest BCUT2D eigenvalue weighted by Crippen LogP contribution is 2.13. The Balaban J connectivity index is 2.11. The summed E-state index contributed by atoms with van der Waals surface area (Å²) < 4.78 is 1.88. The number of benzene rings is 1. The first-order valence-corrected chi connectivity index (χ1v) is 4.75. The Labute approximate surface area is 92.6 Å². The molecule has 82 valence electrons. The SMILES string of the molecule is NC(N)=Nc1ccc(Cn2cnnc2)cc1. The molecule has 6 nitrogen and oxygen atoms in total. The van der Waals surface area contributed by atoms with Gasteiger partial charge in [0.05, 0.1) is 5.69 Å². The Kier molecular flexibility index (Phi) is 2.81. The lowest BCUT2D eigenvalue weighted by molar-refractivity contribution is 0.794. The van der Waals surface area contributed by atoms with Crippen LogP contribution >= 0.6 is 0 Å². The molecule has 0 amide bonds. The van der Waals surface area contributed by atoms with Crippen molar-refractivity contribution in [3.8, 4) is 0 Å². The molecule has 0 fully saturated rings. The van der Waals surface area contributed by atoms with Crippen molar-refractivity contribution in [3.63, 3.8) is 0 Å². The molecule has 2 aromatic rings. The van der Waals surface area contributed by atoms with Crippen molar-refractivity contribution in [2.75, 3.05) is 0 Å². The zero-order chi connectivity index (χ0) is 11.4. The molecule has 0 atom stereocenters. The third-order valence-corrected chi connectivity index (χ3v) is 2.03. The molecule has 4 N–H and O–H groups in total. The van der Waals surface area contributed by atoms with Crippen LogP contribution in [-0.2, 0) is 6.54 Å². The van der Waals surface area contributed by atoms with Gasteiger partial charge in [0.2, 0.25) is 0 Å². The number of hydrogen-bond donors (Lipinski definition) is 2. The van der Waals surface area contributed by atoms with Gasteiger partial charge in [0.1, 0.15) is 12.7 Å². The van der Waals surface area contributed by atoms with Crippen LogP contribution in [0.25, 0.3) is 0 Å². The molecule has 0 aliphatic heterocycles. The molecule has 6 heteroatoms. The molecule has 2 rings (SSSR count). The van der Waals surface area contributed by atoms with E-state index in [4.69, 9.17) is 11.5 Å². The van der Waals surface area contributed by atoms with Crippen LogP contribution in [0.3, 0.4) is 0 Å². The van der Waals surface area contributed by atoms with E-state index in [9.17, 15) is 0 Å². The number of rotatable bonds is 3. The molecule has 16 heavy (non-hydrogen) atoms. The minimum absolute atomic E-state index is 0.0616. The fraction of sp³-hybridized carbons (Fsp3) is 0.100. The fourth-order valence-corrected chi connectivity index (χ4v) is 1.34. The summed E-state index contributed by atoms with van der Waals surface area (Å²) in [7, 11) is 0. The smallest absolute Gasteiger partial charge is 0.191 e. The van der Waals surface area contributed by atoms with Crippen LogP contribution in [0.4, 0.5) is 5.69 Å². The Bertz CT molecular complexity index is 467. The third-order valence-electron chi connectivity index (χ3n) is 2.03. The molecule has 0 spiro atoms. The number of aromatic nitrogens is 3. The highest BCUT2D eigenvalue weighted by molar-refractivity contribution is 5.78. The van der Waals surface area contributed by atoms with Crippen LogP contribution in [0.1, 0.15) is 5.56 Å². The van der Waals surface area contributed by atoms with Gasteiger partial charge in [0.25, 0.3) is 0 Å². The van der Waals surface area contributed by atoms with E-state index in [1.54, 1.807) is 12.7 Å². The molecule has 1 aromatic heterocycles.